The first-order chi connectivity index (χ1) is 7.72. The summed E-state index contributed by atoms with van der Waals surface area (Å²) < 4.78 is 5.40. The number of nitrogens with zero attached hydrogens (tertiary/aromatic N) is 1. The van der Waals surface area contributed by atoms with Crippen LogP contribution in [-0.4, -0.2) is 24.4 Å². The first-order valence-electron chi connectivity index (χ1n) is 5.28. The Morgan fingerprint density at radius 2 is 2.12 bits per heavy atom. The van der Waals surface area contributed by atoms with E-state index >= 15 is 0 Å². The van der Waals surface area contributed by atoms with Crippen molar-refractivity contribution in [1.29, 1.82) is 5.41 Å². The van der Waals surface area contributed by atoms with E-state index in [0.717, 1.165) is 17.9 Å². The zero-order valence-electron chi connectivity index (χ0n) is 9.92. The first-order valence-corrected chi connectivity index (χ1v) is 5.28. The molecule has 3 nitrogen and oxygen atoms in total. The molecule has 1 aromatic carbocycles. The van der Waals surface area contributed by atoms with Crippen molar-refractivity contribution in [3.8, 4) is 5.75 Å². The number of amidine groups is 1. The summed E-state index contributed by atoms with van der Waals surface area (Å²) in [5.41, 5.74) is 2.21. The molecule has 0 spiro atoms. The van der Waals surface area contributed by atoms with Crippen LogP contribution < -0.4 is 4.74 Å². The number of hydrogen-bond donors (Lipinski definition) is 1. The number of hydrogen-bond acceptors (Lipinski definition) is 2. The molecule has 2 rings (SSSR count). The summed E-state index contributed by atoms with van der Waals surface area (Å²) in [4.78, 5) is 1.93. The smallest absolute Gasteiger partial charge is 0.128 e. The van der Waals surface area contributed by atoms with Crippen LogP contribution in [0.3, 0.4) is 0 Å². The second-order valence-electron chi connectivity index (χ2n) is 3.46. The molecule has 0 atom stereocenters. The molecule has 86 valence electrons. The maximum Gasteiger partial charge on any atom is 0.128 e. The van der Waals surface area contributed by atoms with Gasteiger partial charge in [0.15, 0.2) is 0 Å². The Bertz CT molecular complexity index is 388. The second kappa shape index (κ2) is 5.35. The molecule has 0 saturated carbocycles. The molecule has 16 heavy (non-hydrogen) atoms. The molecule has 0 aromatic heterocycles. The Kier molecular flexibility index (Phi) is 4.11. The average Bonchev–Trinajstić information content (AvgIpc) is 2.59. The van der Waals surface area contributed by atoms with E-state index in [9.17, 15) is 0 Å². The van der Waals surface area contributed by atoms with Crippen LogP contribution in [0.25, 0.3) is 0 Å². The third kappa shape index (κ3) is 2.24. The lowest BCUT2D eigenvalue weighted by Gasteiger charge is -2.08. The quantitative estimate of drug-likeness (QED) is 0.775. The first kappa shape index (κ1) is 12.3. The topological polar surface area (TPSA) is 36.3 Å². The minimum atomic E-state index is 0.585. The highest BCUT2D eigenvalue weighted by molar-refractivity contribution is 6.00. The van der Waals surface area contributed by atoms with Gasteiger partial charge in [0.05, 0.1) is 6.61 Å². The molecule has 0 amide bonds. The van der Waals surface area contributed by atoms with E-state index < -0.39 is 0 Å². The largest absolute Gasteiger partial charge is 0.494 e. The molecule has 0 radical (unpaired) electrons. The van der Waals surface area contributed by atoms with Crippen LogP contribution in [0.15, 0.2) is 31.4 Å². The van der Waals surface area contributed by atoms with E-state index in [-0.39, 0.29) is 0 Å². The van der Waals surface area contributed by atoms with Crippen molar-refractivity contribution in [3.05, 3.63) is 42.5 Å². The Morgan fingerprint density at radius 3 is 2.75 bits per heavy atom. The van der Waals surface area contributed by atoms with Crippen molar-refractivity contribution in [2.45, 2.75) is 13.5 Å². The van der Waals surface area contributed by atoms with Crippen LogP contribution in [-0.2, 0) is 6.54 Å². The van der Waals surface area contributed by atoms with E-state index in [2.05, 4.69) is 13.2 Å². The fourth-order valence-corrected chi connectivity index (χ4v) is 1.71. The van der Waals surface area contributed by atoms with Gasteiger partial charge in [-0.05, 0) is 24.6 Å². The van der Waals surface area contributed by atoms with Crippen LogP contribution >= 0.6 is 0 Å². The lowest BCUT2D eigenvalue weighted by Crippen LogP contribution is -2.17. The monoisotopic (exact) mass is 218 g/mol. The molecule has 0 aliphatic carbocycles. The highest BCUT2D eigenvalue weighted by atomic mass is 16.5. The molecular weight excluding hydrogens is 200 g/mol. The minimum absolute atomic E-state index is 0.585. The van der Waals surface area contributed by atoms with E-state index in [1.807, 2.05) is 37.1 Å². The van der Waals surface area contributed by atoms with Crippen LogP contribution in [0.2, 0.25) is 0 Å². The number of rotatable bonds is 2. The normalized spacial score (nSPS) is 12.9. The molecule has 0 saturated heterocycles. The molecule has 0 unspecified atom stereocenters. The van der Waals surface area contributed by atoms with Gasteiger partial charge in [-0.3, -0.25) is 5.41 Å². The number of nitrogens with one attached hydrogen (secondary N) is 1. The summed E-state index contributed by atoms with van der Waals surface area (Å²) >= 11 is 0. The van der Waals surface area contributed by atoms with Gasteiger partial charge in [-0.2, -0.15) is 0 Å². The van der Waals surface area contributed by atoms with Crippen molar-refractivity contribution in [2.75, 3.05) is 13.7 Å². The Morgan fingerprint density at radius 1 is 1.44 bits per heavy atom. The minimum Gasteiger partial charge on any atom is -0.494 e. The molecule has 0 fully saturated rings. The second-order valence-corrected chi connectivity index (χ2v) is 3.46. The molecular formula is C13H18N2O. The Labute approximate surface area is 96.9 Å². The van der Waals surface area contributed by atoms with Gasteiger partial charge in [0.25, 0.3) is 0 Å². The van der Waals surface area contributed by atoms with Crippen molar-refractivity contribution < 1.29 is 4.74 Å². The molecule has 1 aliphatic rings. The number of benzene rings is 1. The van der Waals surface area contributed by atoms with Crippen LogP contribution in [0.5, 0.6) is 5.75 Å². The molecule has 0 bridgehead atoms. The van der Waals surface area contributed by atoms with Gasteiger partial charge in [0.2, 0.25) is 0 Å². The van der Waals surface area contributed by atoms with Gasteiger partial charge < -0.3 is 9.64 Å². The third-order valence-corrected chi connectivity index (χ3v) is 2.44. The SMILES string of the molecule is C=C.CCOc1ccc2c(c1)C(=N)N(C)C2. The Hall–Kier alpha value is -1.77. The predicted molar refractivity (Wildman–Crippen MR) is 67.2 cm³/mol. The summed E-state index contributed by atoms with van der Waals surface area (Å²) in [6.07, 6.45) is 0. The maximum absolute atomic E-state index is 7.84. The van der Waals surface area contributed by atoms with Crippen LogP contribution in [0, 0.1) is 5.41 Å². The number of fused-ring (bicyclic) bond motifs is 1. The highest BCUT2D eigenvalue weighted by Gasteiger charge is 2.21. The third-order valence-electron chi connectivity index (χ3n) is 2.44. The average molecular weight is 218 g/mol. The molecule has 1 aliphatic heterocycles. The Balaban J connectivity index is 0.000000606. The fourth-order valence-electron chi connectivity index (χ4n) is 1.71. The lowest BCUT2D eigenvalue weighted by molar-refractivity contribution is 0.340. The summed E-state index contributed by atoms with van der Waals surface area (Å²) in [6, 6.07) is 5.96. The summed E-state index contributed by atoms with van der Waals surface area (Å²) in [7, 11) is 1.93. The lowest BCUT2D eigenvalue weighted by atomic mass is 10.1. The van der Waals surface area contributed by atoms with Gasteiger partial charge in [0.1, 0.15) is 11.6 Å². The van der Waals surface area contributed by atoms with Crippen molar-refractivity contribution in [3.63, 3.8) is 0 Å². The summed E-state index contributed by atoms with van der Waals surface area (Å²) in [6.45, 7) is 9.47. The zero-order valence-corrected chi connectivity index (χ0v) is 9.92. The summed E-state index contributed by atoms with van der Waals surface area (Å²) in [5.74, 6) is 1.44. The molecule has 3 heteroatoms. The van der Waals surface area contributed by atoms with Gasteiger partial charge in [-0.15, -0.1) is 13.2 Å². The zero-order chi connectivity index (χ0) is 12.1. The molecule has 1 heterocycles. The standard InChI is InChI=1S/C11H14N2O.C2H4/c1-3-14-9-5-4-8-7-13(2)11(12)10(8)6-9;1-2/h4-6,12H,3,7H2,1-2H3;1-2H2. The molecule has 1 aromatic rings. The van der Waals surface area contributed by atoms with Crippen LogP contribution in [0.1, 0.15) is 18.1 Å². The van der Waals surface area contributed by atoms with E-state index in [0.29, 0.717) is 12.4 Å². The van der Waals surface area contributed by atoms with Crippen molar-refractivity contribution in [2.24, 2.45) is 0 Å². The van der Waals surface area contributed by atoms with Gasteiger partial charge >= 0.3 is 0 Å². The van der Waals surface area contributed by atoms with Gasteiger partial charge in [0, 0.05) is 19.2 Å². The summed E-state index contributed by atoms with van der Waals surface area (Å²) in [5, 5.41) is 7.84. The van der Waals surface area contributed by atoms with E-state index in [4.69, 9.17) is 10.1 Å². The van der Waals surface area contributed by atoms with E-state index in [1.165, 1.54) is 5.56 Å². The van der Waals surface area contributed by atoms with Crippen LogP contribution in [0.4, 0.5) is 0 Å². The fraction of sp³-hybridized carbons (Fsp3) is 0.308. The maximum atomic E-state index is 7.84. The number of ether oxygens (including phenoxy) is 1. The predicted octanol–water partition coefficient (Wildman–Crippen LogP) is 2.66. The highest BCUT2D eigenvalue weighted by Crippen LogP contribution is 2.25. The van der Waals surface area contributed by atoms with Gasteiger partial charge in [-0.25, -0.2) is 0 Å². The van der Waals surface area contributed by atoms with Crippen molar-refractivity contribution in [1.82, 2.24) is 4.90 Å². The van der Waals surface area contributed by atoms with Gasteiger partial charge in [-0.1, -0.05) is 6.07 Å². The molecule has 1 N–H and O–H groups in total. The van der Waals surface area contributed by atoms with E-state index in [1.54, 1.807) is 0 Å². The van der Waals surface area contributed by atoms with Crippen molar-refractivity contribution >= 4 is 5.84 Å².